The van der Waals surface area contributed by atoms with Gasteiger partial charge < -0.3 is 20.1 Å². The van der Waals surface area contributed by atoms with E-state index < -0.39 is 18.8 Å². The van der Waals surface area contributed by atoms with Crippen LogP contribution >= 0.6 is 0 Å². The van der Waals surface area contributed by atoms with Crippen LogP contribution in [0.3, 0.4) is 0 Å². The van der Waals surface area contributed by atoms with Gasteiger partial charge in [0.1, 0.15) is 6.10 Å². The molecule has 0 amide bonds. The molecule has 0 aliphatic rings. The van der Waals surface area contributed by atoms with E-state index in [2.05, 4.69) is 0 Å². The van der Waals surface area contributed by atoms with E-state index in [0.717, 1.165) is 0 Å². The zero-order valence-electron chi connectivity index (χ0n) is 9.22. The van der Waals surface area contributed by atoms with E-state index in [-0.39, 0.29) is 24.9 Å². The van der Waals surface area contributed by atoms with Crippen molar-refractivity contribution in [1.82, 2.24) is 0 Å². The van der Waals surface area contributed by atoms with Gasteiger partial charge in [0.25, 0.3) is 0 Å². The Bertz CT molecular complexity index is 181. The fraction of sp³-hybridized carbons (Fsp3) is 0.900. The SMILES string of the molecule is CC(C)OC(=O)CCC[C@H](O)[C@H](O)CO. The zero-order valence-corrected chi connectivity index (χ0v) is 9.22. The van der Waals surface area contributed by atoms with Crippen LogP contribution in [0.4, 0.5) is 0 Å². The third-order valence-electron chi connectivity index (χ3n) is 1.88. The van der Waals surface area contributed by atoms with Crippen molar-refractivity contribution < 1.29 is 24.9 Å². The highest BCUT2D eigenvalue weighted by Gasteiger charge is 2.15. The van der Waals surface area contributed by atoms with Crippen LogP contribution in [0.2, 0.25) is 0 Å². The van der Waals surface area contributed by atoms with Crippen molar-refractivity contribution in [2.45, 2.75) is 51.4 Å². The number of aliphatic hydroxyl groups excluding tert-OH is 3. The molecule has 0 spiro atoms. The van der Waals surface area contributed by atoms with E-state index in [1.807, 2.05) is 0 Å². The van der Waals surface area contributed by atoms with Crippen molar-refractivity contribution in [1.29, 1.82) is 0 Å². The summed E-state index contributed by atoms with van der Waals surface area (Å²) < 4.78 is 4.89. The molecular weight excluding hydrogens is 200 g/mol. The van der Waals surface area contributed by atoms with Gasteiger partial charge in [0.15, 0.2) is 0 Å². The molecule has 2 atom stereocenters. The summed E-state index contributed by atoms with van der Waals surface area (Å²) in [5, 5.41) is 26.8. The van der Waals surface area contributed by atoms with Crippen LogP contribution < -0.4 is 0 Å². The van der Waals surface area contributed by atoms with Crippen LogP contribution in [0.5, 0.6) is 0 Å². The summed E-state index contributed by atoms with van der Waals surface area (Å²) >= 11 is 0. The quantitative estimate of drug-likeness (QED) is 0.518. The highest BCUT2D eigenvalue weighted by Crippen LogP contribution is 2.06. The third-order valence-corrected chi connectivity index (χ3v) is 1.88. The fourth-order valence-corrected chi connectivity index (χ4v) is 1.09. The Hall–Kier alpha value is -0.650. The number of esters is 1. The first-order valence-electron chi connectivity index (χ1n) is 5.13. The Morgan fingerprint density at radius 1 is 1.27 bits per heavy atom. The van der Waals surface area contributed by atoms with Gasteiger partial charge in [0.05, 0.1) is 18.8 Å². The molecule has 0 aliphatic heterocycles. The highest BCUT2D eigenvalue weighted by atomic mass is 16.5. The van der Waals surface area contributed by atoms with Crippen LogP contribution in [0, 0.1) is 0 Å². The minimum Gasteiger partial charge on any atom is -0.463 e. The third kappa shape index (κ3) is 7.30. The first-order valence-corrected chi connectivity index (χ1v) is 5.13. The number of hydrogen-bond acceptors (Lipinski definition) is 5. The van der Waals surface area contributed by atoms with Gasteiger partial charge in [-0.15, -0.1) is 0 Å². The van der Waals surface area contributed by atoms with Crippen molar-refractivity contribution in [3.05, 3.63) is 0 Å². The molecular formula is C10H20O5. The number of carbonyl (C=O) groups is 1. The second-order valence-corrected chi connectivity index (χ2v) is 3.75. The summed E-state index contributed by atoms with van der Waals surface area (Å²) in [5.74, 6) is -0.310. The standard InChI is InChI=1S/C10H20O5/c1-7(2)15-10(14)5-3-4-8(12)9(13)6-11/h7-9,11-13H,3-6H2,1-2H3/t8-,9+/m0/s1. The van der Waals surface area contributed by atoms with Crippen LogP contribution in [0.25, 0.3) is 0 Å². The molecule has 0 heterocycles. The molecule has 3 N–H and O–H groups in total. The number of hydrogen-bond donors (Lipinski definition) is 3. The number of rotatable bonds is 7. The van der Waals surface area contributed by atoms with E-state index in [9.17, 15) is 9.90 Å². The monoisotopic (exact) mass is 220 g/mol. The Balaban J connectivity index is 3.57. The predicted molar refractivity (Wildman–Crippen MR) is 54.2 cm³/mol. The first-order chi connectivity index (χ1) is 6.97. The molecule has 0 unspecified atom stereocenters. The van der Waals surface area contributed by atoms with Crippen LogP contribution in [0.1, 0.15) is 33.1 Å². The largest absolute Gasteiger partial charge is 0.463 e. The Morgan fingerprint density at radius 3 is 2.33 bits per heavy atom. The molecule has 0 saturated carbocycles. The Morgan fingerprint density at radius 2 is 1.87 bits per heavy atom. The molecule has 0 aromatic heterocycles. The van der Waals surface area contributed by atoms with E-state index in [0.29, 0.717) is 6.42 Å². The molecule has 0 radical (unpaired) electrons. The summed E-state index contributed by atoms with van der Waals surface area (Å²) in [6, 6.07) is 0. The van der Waals surface area contributed by atoms with Gasteiger partial charge in [-0.05, 0) is 26.7 Å². The Kier molecular flexibility index (Phi) is 7.29. The van der Waals surface area contributed by atoms with Gasteiger partial charge in [0.2, 0.25) is 0 Å². The zero-order chi connectivity index (χ0) is 11.8. The highest BCUT2D eigenvalue weighted by molar-refractivity contribution is 5.69. The average molecular weight is 220 g/mol. The van der Waals surface area contributed by atoms with Crippen molar-refractivity contribution in [2.75, 3.05) is 6.61 Å². The minimum atomic E-state index is -1.13. The van der Waals surface area contributed by atoms with Gasteiger partial charge >= 0.3 is 5.97 Å². The van der Waals surface area contributed by atoms with E-state index in [1.54, 1.807) is 13.8 Å². The lowest BCUT2D eigenvalue weighted by atomic mass is 10.1. The van der Waals surface area contributed by atoms with Crippen LogP contribution in [-0.2, 0) is 9.53 Å². The molecule has 0 aliphatic carbocycles. The summed E-state index contributed by atoms with van der Waals surface area (Å²) in [5.41, 5.74) is 0. The number of ether oxygens (including phenoxy) is 1. The average Bonchev–Trinajstić information content (AvgIpc) is 2.15. The minimum absolute atomic E-state index is 0.134. The van der Waals surface area contributed by atoms with Crippen molar-refractivity contribution >= 4 is 5.97 Å². The molecule has 0 aromatic rings. The molecule has 0 fully saturated rings. The van der Waals surface area contributed by atoms with Crippen molar-refractivity contribution in [2.24, 2.45) is 0 Å². The number of carbonyl (C=O) groups excluding carboxylic acids is 1. The smallest absolute Gasteiger partial charge is 0.306 e. The molecule has 90 valence electrons. The van der Waals surface area contributed by atoms with E-state index in [4.69, 9.17) is 14.9 Å². The van der Waals surface area contributed by atoms with Gasteiger partial charge in [0, 0.05) is 6.42 Å². The molecule has 5 heteroatoms. The molecule has 0 bridgehead atoms. The second kappa shape index (κ2) is 7.62. The molecule has 15 heavy (non-hydrogen) atoms. The predicted octanol–water partition coefficient (Wildman–Crippen LogP) is -0.178. The fourth-order valence-electron chi connectivity index (χ4n) is 1.09. The van der Waals surface area contributed by atoms with Gasteiger partial charge in [-0.1, -0.05) is 0 Å². The maximum Gasteiger partial charge on any atom is 0.306 e. The van der Waals surface area contributed by atoms with E-state index >= 15 is 0 Å². The van der Waals surface area contributed by atoms with Crippen molar-refractivity contribution in [3.63, 3.8) is 0 Å². The van der Waals surface area contributed by atoms with Crippen molar-refractivity contribution in [3.8, 4) is 0 Å². The lowest BCUT2D eigenvalue weighted by Gasteiger charge is -2.15. The molecule has 0 rings (SSSR count). The normalized spacial score (nSPS) is 15.1. The maximum absolute atomic E-state index is 11.1. The lowest BCUT2D eigenvalue weighted by Crippen LogP contribution is -2.29. The summed E-state index contributed by atoms with van der Waals surface area (Å²) in [6.45, 7) is 3.06. The molecule has 5 nitrogen and oxygen atoms in total. The van der Waals surface area contributed by atoms with Gasteiger partial charge in [-0.2, -0.15) is 0 Å². The summed E-state index contributed by atoms with van der Waals surface area (Å²) in [7, 11) is 0. The second-order valence-electron chi connectivity index (χ2n) is 3.75. The maximum atomic E-state index is 11.1. The summed E-state index contributed by atoms with van der Waals surface area (Å²) in [4.78, 5) is 11.1. The topological polar surface area (TPSA) is 87.0 Å². The summed E-state index contributed by atoms with van der Waals surface area (Å²) in [6.07, 6.45) is -1.33. The number of aliphatic hydroxyl groups is 3. The van der Waals surface area contributed by atoms with Gasteiger partial charge in [-0.25, -0.2) is 0 Å². The van der Waals surface area contributed by atoms with Crippen LogP contribution in [-0.4, -0.2) is 46.2 Å². The van der Waals surface area contributed by atoms with Gasteiger partial charge in [-0.3, -0.25) is 4.79 Å². The Labute approximate surface area is 89.7 Å². The first kappa shape index (κ1) is 14.3. The van der Waals surface area contributed by atoms with Crippen LogP contribution in [0.15, 0.2) is 0 Å². The lowest BCUT2D eigenvalue weighted by molar-refractivity contribution is -0.147. The molecule has 0 saturated heterocycles. The molecule has 0 aromatic carbocycles. The van der Waals surface area contributed by atoms with E-state index in [1.165, 1.54) is 0 Å².